The van der Waals surface area contributed by atoms with Crippen LogP contribution < -0.4 is 5.73 Å². The first kappa shape index (κ1) is 13.5. The summed E-state index contributed by atoms with van der Waals surface area (Å²) >= 11 is 13.4. The number of nitrogen functional groups attached to an aromatic ring is 1. The van der Waals surface area contributed by atoms with Crippen LogP contribution in [0.15, 0.2) is 35.2 Å². The Balaban J connectivity index is 2.14. The number of para-hydroxylation sites is 1. The highest BCUT2D eigenvalue weighted by Crippen LogP contribution is 2.31. The Kier molecular flexibility index (Phi) is 4.38. The largest absolute Gasteiger partial charge is 0.398 e. The normalized spacial score (nSPS) is 10.6. The van der Waals surface area contributed by atoms with Gasteiger partial charge in [-0.1, -0.05) is 41.4 Å². The van der Waals surface area contributed by atoms with Crippen molar-refractivity contribution in [3.63, 3.8) is 0 Å². The lowest BCUT2D eigenvalue weighted by atomic mass is 10.2. The summed E-state index contributed by atoms with van der Waals surface area (Å²) < 4.78 is 0. The van der Waals surface area contributed by atoms with Crippen LogP contribution in [0.25, 0.3) is 0 Å². The summed E-state index contributed by atoms with van der Waals surface area (Å²) in [4.78, 5) is 5.07. The third-order valence-electron chi connectivity index (χ3n) is 2.56. The smallest absolute Gasteiger partial charge is 0.134 e. The Morgan fingerprint density at radius 3 is 2.72 bits per heavy atom. The molecule has 2 rings (SSSR count). The van der Waals surface area contributed by atoms with E-state index in [2.05, 4.69) is 4.98 Å². The Bertz CT molecular complexity index is 573. The molecule has 0 radical (unpaired) electrons. The molecule has 0 spiro atoms. The number of halogens is 2. The van der Waals surface area contributed by atoms with Crippen molar-refractivity contribution in [1.82, 2.24) is 4.98 Å². The number of thioether (sulfide) groups is 1. The summed E-state index contributed by atoms with van der Waals surface area (Å²) in [5, 5.41) is 0.852. The van der Waals surface area contributed by atoms with Crippen LogP contribution in [0.3, 0.4) is 0 Å². The first-order chi connectivity index (χ1) is 8.58. The second-order valence-electron chi connectivity index (χ2n) is 3.86. The van der Waals surface area contributed by atoms with Crippen LogP contribution in [0.1, 0.15) is 11.1 Å². The van der Waals surface area contributed by atoms with Crippen LogP contribution in [0, 0.1) is 6.92 Å². The van der Waals surface area contributed by atoms with E-state index in [0.717, 1.165) is 27.5 Å². The standard InChI is InChI=1S/C13H12Cl2N2S/c1-8-3-2-4-10(12(8)16)18-7-9-5-6-11(14)17-13(9)15/h2-6H,7,16H2,1H3. The number of hydrogen-bond donors (Lipinski definition) is 1. The van der Waals surface area contributed by atoms with E-state index >= 15 is 0 Å². The van der Waals surface area contributed by atoms with E-state index in [0.29, 0.717) is 10.3 Å². The fraction of sp³-hybridized carbons (Fsp3) is 0.154. The number of nitrogens with two attached hydrogens (primary N) is 1. The Labute approximate surface area is 121 Å². The first-order valence-corrected chi connectivity index (χ1v) is 7.11. The van der Waals surface area contributed by atoms with Crippen molar-refractivity contribution < 1.29 is 0 Å². The molecule has 0 aliphatic rings. The number of aryl methyl sites for hydroxylation is 1. The van der Waals surface area contributed by atoms with Crippen molar-refractivity contribution in [3.05, 3.63) is 51.8 Å². The van der Waals surface area contributed by atoms with Gasteiger partial charge in [0.15, 0.2) is 0 Å². The van der Waals surface area contributed by atoms with Crippen LogP contribution in [-0.4, -0.2) is 4.98 Å². The lowest BCUT2D eigenvalue weighted by molar-refractivity contribution is 1.25. The van der Waals surface area contributed by atoms with Gasteiger partial charge >= 0.3 is 0 Å². The van der Waals surface area contributed by atoms with E-state index in [4.69, 9.17) is 28.9 Å². The molecule has 0 fully saturated rings. The SMILES string of the molecule is Cc1cccc(SCc2ccc(Cl)nc2Cl)c1N. The molecule has 5 heteroatoms. The number of aromatic nitrogens is 1. The number of benzene rings is 1. The van der Waals surface area contributed by atoms with Gasteiger partial charge in [-0.3, -0.25) is 0 Å². The predicted molar refractivity (Wildman–Crippen MR) is 79.4 cm³/mol. The molecule has 1 aromatic heterocycles. The van der Waals surface area contributed by atoms with Gasteiger partial charge in [0.2, 0.25) is 0 Å². The van der Waals surface area contributed by atoms with Crippen LogP contribution in [0.5, 0.6) is 0 Å². The van der Waals surface area contributed by atoms with E-state index in [1.165, 1.54) is 0 Å². The van der Waals surface area contributed by atoms with Gasteiger partial charge in [0.25, 0.3) is 0 Å². The number of rotatable bonds is 3. The zero-order valence-corrected chi connectivity index (χ0v) is 12.1. The van der Waals surface area contributed by atoms with Crippen molar-refractivity contribution in [2.75, 3.05) is 5.73 Å². The Hall–Kier alpha value is -0.900. The lowest BCUT2D eigenvalue weighted by Crippen LogP contribution is -1.93. The van der Waals surface area contributed by atoms with Gasteiger partial charge < -0.3 is 5.73 Å². The van der Waals surface area contributed by atoms with Crippen molar-refractivity contribution in [1.29, 1.82) is 0 Å². The fourth-order valence-electron chi connectivity index (χ4n) is 1.48. The molecule has 1 aromatic carbocycles. The Morgan fingerprint density at radius 2 is 2.00 bits per heavy atom. The minimum Gasteiger partial charge on any atom is -0.398 e. The number of hydrogen-bond acceptors (Lipinski definition) is 3. The first-order valence-electron chi connectivity index (χ1n) is 5.36. The predicted octanol–water partition coefficient (Wildman–Crippen LogP) is 4.57. The molecule has 0 aliphatic carbocycles. The zero-order valence-electron chi connectivity index (χ0n) is 9.78. The van der Waals surface area contributed by atoms with Gasteiger partial charge in [-0.05, 0) is 30.2 Å². The molecule has 0 unspecified atom stereocenters. The van der Waals surface area contributed by atoms with E-state index in [1.54, 1.807) is 17.8 Å². The van der Waals surface area contributed by atoms with Gasteiger partial charge in [-0.25, -0.2) is 4.98 Å². The van der Waals surface area contributed by atoms with Crippen molar-refractivity contribution in [3.8, 4) is 0 Å². The van der Waals surface area contributed by atoms with Gasteiger partial charge in [-0.15, -0.1) is 11.8 Å². The summed E-state index contributed by atoms with van der Waals surface area (Å²) in [6.45, 7) is 2.00. The van der Waals surface area contributed by atoms with Gasteiger partial charge in [0.05, 0.1) is 0 Å². The third-order valence-corrected chi connectivity index (χ3v) is 4.22. The van der Waals surface area contributed by atoms with Crippen molar-refractivity contribution in [2.45, 2.75) is 17.6 Å². The van der Waals surface area contributed by atoms with Crippen LogP contribution in [0.2, 0.25) is 10.3 Å². The van der Waals surface area contributed by atoms with E-state index in [9.17, 15) is 0 Å². The monoisotopic (exact) mass is 298 g/mol. The molecule has 0 atom stereocenters. The van der Waals surface area contributed by atoms with Crippen LogP contribution in [-0.2, 0) is 5.75 Å². The molecule has 0 bridgehead atoms. The second-order valence-corrected chi connectivity index (χ2v) is 5.62. The van der Waals surface area contributed by atoms with Crippen LogP contribution >= 0.6 is 35.0 Å². The lowest BCUT2D eigenvalue weighted by Gasteiger charge is -2.08. The van der Waals surface area contributed by atoms with E-state index in [1.807, 2.05) is 31.2 Å². The molecule has 0 saturated carbocycles. The minimum atomic E-state index is 0.406. The summed E-state index contributed by atoms with van der Waals surface area (Å²) in [6.07, 6.45) is 0. The van der Waals surface area contributed by atoms with Gasteiger partial charge in [-0.2, -0.15) is 0 Å². The maximum absolute atomic E-state index is 6.03. The zero-order chi connectivity index (χ0) is 13.1. The minimum absolute atomic E-state index is 0.406. The molecule has 0 saturated heterocycles. The molecular weight excluding hydrogens is 287 g/mol. The summed E-state index contributed by atoms with van der Waals surface area (Å²) in [7, 11) is 0. The average Bonchev–Trinajstić information content (AvgIpc) is 2.33. The highest BCUT2D eigenvalue weighted by Gasteiger charge is 2.06. The molecule has 94 valence electrons. The molecule has 1 heterocycles. The molecule has 18 heavy (non-hydrogen) atoms. The van der Waals surface area contributed by atoms with Crippen LogP contribution in [0.4, 0.5) is 5.69 Å². The molecule has 2 nitrogen and oxygen atoms in total. The maximum atomic E-state index is 6.03. The Morgan fingerprint density at radius 1 is 1.22 bits per heavy atom. The average molecular weight is 299 g/mol. The summed E-state index contributed by atoms with van der Waals surface area (Å²) in [6, 6.07) is 9.62. The maximum Gasteiger partial charge on any atom is 0.134 e. The van der Waals surface area contributed by atoms with Crippen molar-refractivity contribution in [2.24, 2.45) is 0 Å². The van der Waals surface area contributed by atoms with Gasteiger partial charge in [0, 0.05) is 16.3 Å². The van der Waals surface area contributed by atoms with Crippen molar-refractivity contribution >= 4 is 40.7 Å². The van der Waals surface area contributed by atoms with E-state index in [-0.39, 0.29) is 0 Å². The number of pyridine rings is 1. The van der Waals surface area contributed by atoms with E-state index < -0.39 is 0 Å². The molecule has 0 aliphatic heterocycles. The fourth-order valence-corrected chi connectivity index (χ4v) is 3.01. The molecule has 0 amide bonds. The number of anilines is 1. The molecule has 2 N–H and O–H groups in total. The second kappa shape index (κ2) is 5.83. The highest BCUT2D eigenvalue weighted by molar-refractivity contribution is 7.98. The number of nitrogens with zero attached hydrogens (tertiary/aromatic N) is 1. The molecule has 2 aromatic rings. The third kappa shape index (κ3) is 3.10. The highest BCUT2D eigenvalue weighted by atomic mass is 35.5. The topological polar surface area (TPSA) is 38.9 Å². The summed E-state index contributed by atoms with van der Waals surface area (Å²) in [5.41, 5.74) is 8.87. The quantitative estimate of drug-likeness (QED) is 0.512. The molecular formula is C13H12Cl2N2S. The van der Waals surface area contributed by atoms with Gasteiger partial charge in [0.1, 0.15) is 10.3 Å². The summed E-state index contributed by atoms with van der Waals surface area (Å²) in [5.74, 6) is 0.719.